The van der Waals surface area contributed by atoms with Crippen LogP contribution < -0.4 is 5.73 Å². The van der Waals surface area contributed by atoms with Crippen molar-refractivity contribution in [2.45, 2.75) is 24.6 Å². The van der Waals surface area contributed by atoms with Gasteiger partial charge in [0.1, 0.15) is 11.6 Å². The maximum absolute atomic E-state index is 12.7. The van der Waals surface area contributed by atoms with E-state index in [2.05, 4.69) is 9.97 Å². The largest absolute Gasteiger partial charge is 0.384 e. The Morgan fingerprint density at radius 1 is 1.23 bits per heavy atom. The molecule has 1 aromatic carbocycles. The molecule has 0 spiro atoms. The summed E-state index contributed by atoms with van der Waals surface area (Å²) in [6.07, 6.45) is 3.09. The second-order valence-electron chi connectivity index (χ2n) is 5.35. The van der Waals surface area contributed by atoms with E-state index in [4.69, 9.17) is 5.73 Å². The molecule has 1 atom stereocenters. The molecule has 116 valence electrons. The summed E-state index contributed by atoms with van der Waals surface area (Å²) in [5.41, 5.74) is 6.46. The van der Waals surface area contributed by atoms with Gasteiger partial charge >= 0.3 is 0 Å². The molecule has 6 nitrogen and oxygen atoms in total. The molecule has 1 saturated heterocycles. The van der Waals surface area contributed by atoms with Gasteiger partial charge in [-0.05, 0) is 24.5 Å². The van der Waals surface area contributed by atoms with Crippen LogP contribution in [0.3, 0.4) is 0 Å². The van der Waals surface area contributed by atoms with E-state index in [0.29, 0.717) is 18.2 Å². The minimum atomic E-state index is -3.41. The van der Waals surface area contributed by atoms with Gasteiger partial charge in [-0.2, -0.15) is 4.31 Å². The van der Waals surface area contributed by atoms with Crippen molar-refractivity contribution in [2.75, 3.05) is 12.3 Å². The van der Waals surface area contributed by atoms with Crippen LogP contribution in [0.15, 0.2) is 42.6 Å². The van der Waals surface area contributed by atoms with Gasteiger partial charge in [0.05, 0.1) is 11.8 Å². The van der Waals surface area contributed by atoms with Crippen LogP contribution in [0.5, 0.6) is 0 Å². The van der Waals surface area contributed by atoms with E-state index >= 15 is 0 Å². The van der Waals surface area contributed by atoms with E-state index in [-0.39, 0.29) is 11.8 Å². The molecule has 3 rings (SSSR count). The Balaban J connectivity index is 1.86. The molecular formula is C15H18N4O2S. The molecule has 22 heavy (non-hydrogen) atoms. The first kappa shape index (κ1) is 14.9. The van der Waals surface area contributed by atoms with Gasteiger partial charge in [0, 0.05) is 12.7 Å². The van der Waals surface area contributed by atoms with E-state index in [9.17, 15) is 8.42 Å². The van der Waals surface area contributed by atoms with Gasteiger partial charge in [0.25, 0.3) is 0 Å². The van der Waals surface area contributed by atoms with Crippen LogP contribution in [-0.2, 0) is 15.8 Å². The molecule has 0 bridgehead atoms. The van der Waals surface area contributed by atoms with Crippen molar-refractivity contribution in [3.63, 3.8) is 0 Å². The number of aromatic nitrogens is 2. The number of nitrogens with two attached hydrogens (primary N) is 1. The van der Waals surface area contributed by atoms with Gasteiger partial charge < -0.3 is 5.73 Å². The molecule has 2 N–H and O–H groups in total. The molecule has 0 amide bonds. The Morgan fingerprint density at radius 2 is 2.00 bits per heavy atom. The molecule has 2 heterocycles. The number of rotatable bonds is 4. The van der Waals surface area contributed by atoms with Crippen molar-refractivity contribution in [2.24, 2.45) is 0 Å². The van der Waals surface area contributed by atoms with Crippen LogP contribution in [0.1, 0.15) is 30.3 Å². The molecule has 0 aliphatic carbocycles. The fourth-order valence-corrected chi connectivity index (χ4v) is 4.52. The lowest BCUT2D eigenvalue weighted by atomic mass is 10.2. The third-order valence-electron chi connectivity index (χ3n) is 3.75. The first-order valence-corrected chi connectivity index (χ1v) is 8.79. The van der Waals surface area contributed by atoms with Gasteiger partial charge in [-0.15, -0.1) is 0 Å². The highest BCUT2D eigenvalue weighted by Gasteiger charge is 2.36. The number of hydrogen-bond acceptors (Lipinski definition) is 5. The van der Waals surface area contributed by atoms with Gasteiger partial charge in [-0.1, -0.05) is 30.3 Å². The van der Waals surface area contributed by atoms with Crippen LogP contribution >= 0.6 is 0 Å². The lowest BCUT2D eigenvalue weighted by Gasteiger charge is -2.23. The van der Waals surface area contributed by atoms with E-state index in [0.717, 1.165) is 18.4 Å². The summed E-state index contributed by atoms with van der Waals surface area (Å²) in [5, 5.41) is 0. The molecule has 2 aromatic rings. The van der Waals surface area contributed by atoms with Gasteiger partial charge in [-0.3, -0.25) is 0 Å². The summed E-state index contributed by atoms with van der Waals surface area (Å²) in [6, 6.07) is 10.5. The highest BCUT2D eigenvalue weighted by molar-refractivity contribution is 7.88. The van der Waals surface area contributed by atoms with Crippen LogP contribution in [-0.4, -0.2) is 29.2 Å². The van der Waals surface area contributed by atoms with Crippen molar-refractivity contribution in [3.8, 4) is 0 Å². The van der Waals surface area contributed by atoms with Crippen molar-refractivity contribution in [3.05, 3.63) is 54.0 Å². The monoisotopic (exact) mass is 318 g/mol. The molecule has 0 saturated carbocycles. The third-order valence-corrected chi connectivity index (χ3v) is 5.60. The maximum Gasteiger partial charge on any atom is 0.218 e. The Hall–Kier alpha value is -1.99. The fourth-order valence-electron chi connectivity index (χ4n) is 2.75. The molecule has 7 heteroatoms. The van der Waals surface area contributed by atoms with E-state index in [1.165, 1.54) is 4.31 Å². The summed E-state index contributed by atoms with van der Waals surface area (Å²) in [4.78, 5) is 8.38. The first-order valence-electron chi connectivity index (χ1n) is 7.18. The van der Waals surface area contributed by atoms with Crippen LogP contribution in [0.25, 0.3) is 0 Å². The SMILES string of the molecule is Nc1ccnc(C2CCCN2S(=O)(=O)Cc2ccccc2)n1. The second-order valence-corrected chi connectivity index (χ2v) is 7.27. The molecule has 1 fully saturated rings. The zero-order chi connectivity index (χ0) is 15.6. The number of sulfonamides is 1. The number of nitrogen functional groups attached to an aromatic ring is 1. The average molecular weight is 318 g/mol. The lowest BCUT2D eigenvalue weighted by molar-refractivity contribution is 0.383. The van der Waals surface area contributed by atoms with Crippen LogP contribution in [0.4, 0.5) is 5.82 Å². The highest BCUT2D eigenvalue weighted by Crippen LogP contribution is 2.33. The topological polar surface area (TPSA) is 89.2 Å². The summed E-state index contributed by atoms with van der Waals surface area (Å²) in [6.45, 7) is 0.498. The molecule has 0 radical (unpaired) electrons. The zero-order valence-corrected chi connectivity index (χ0v) is 12.9. The predicted octanol–water partition coefficient (Wildman–Crippen LogP) is 1.73. The molecule has 1 aliphatic rings. The Kier molecular flexibility index (Phi) is 4.08. The van der Waals surface area contributed by atoms with Gasteiger partial charge in [0.2, 0.25) is 10.0 Å². The standard InChI is InChI=1S/C15H18N4O2S/c16-14-8-9-17-15(18-14)13-7-4-10-19(13)22(20,21)11-12-5-2-1-3-6-12/h1-3,5-6,8-9,13H,4,7,10-11H2,(H2,16,17,18). The number of anilines is 1. The van der Waals surface area contributed by atoms with Crippen LogP contribution in [0.2, 0.25) is 0 Å². The van der Waals surface area contributed by atoms with Crippen molar-refractivity contribution in [1.82, 2.24) is 14.3 Å². The Morgan fingerprint density at radius 3 is 2.73 bits per heavy atom. The molecule has 1 aliphatic heterocycles. The summed E-state index contributed by atoms with van der Waals surface area (Å²) < 4.78 is 26.9. The zero-order valence-electron chi connectivity index (χ0n) is 12.1. The number of hydrogen-bond donors (Lipinski definition) is 1. The van der Waals surface area contributed by atoms with Crippen LogP contribution in [0, 0.1) is 0 Å². The van der Waals surface area contributed by atoms with E-state index in [1.807, 2.05) is 30.3 Å². The Labute approximate surface area is 130 Å². The van der Waals surface area contributed by atoms with Gasteiger partial charge in [0.15, 0.2) is 0 Å². The number of nitrogens with zero attached hydrogens (tertiary/aromatic N) is 3. The minimum absolute atomic E-state index is 0.00729. The van der Waals surface area contributed by atoms with Gasteiger partial charge in [-0.25, -0.2) is 18.4 Å². The quantitative estimate of drug-likeness (QED) is 0.927. The summed E-state index contributed by atoms with van der Waals surface area (Å²) in [5.74, 6) is 0.832. The average Bonchev–Trinajstić information content (AvgIpc) is 2.98. The first-order chi connectivity index (χ1) is 10.6. The molecule has 1 unspecified atom stereocenters. The fraction of sp³-hybridized carbons (Fsp3) is 0.333. The third kappa shape index (κ3) is 3.10. The van der Waals surface area contributed by atoms with E-state index in [1.54, 1.807) is 12.3 Å². The summed E-state index contributed by atoms with van der Waals surface area (Å²) in [7, 11) is -3.41. The normalized spacial score (nSPS) is 19.4. The lowest BCUT2D eigenvalue weighted by Crippen LogP contribution is -2.32. The van der Waals surface area contributed by atoms with Crippen molar-refractivity contribution >= 4 is 15.8 Å². The molecule has 1 aromatic heterocycles. The highest BCUT2D eigenvalue weighted by atomic mass is 32.2. The predicted molar refractivity (Wildman–Crippen MR) is 84.2 cm³/mol. The number of benzene rings is 1. The van der Waals surface area contributed by atoms with Crippen molar-refractivity contribution < 1.29 is 8.42 Å². The smallest absolute Gasteiger partial charge is 0.218 e. The van der Waals surface area contributed by atoms with E-state index < -0.39 is 10.0 Å². The maximum atomic E-state index is 12.7. The Bertz CT molecular complexity index is 749. The second kappa shape index (κ2) is 6.02. The summed E-state index contributed by atoms with van der Waals surface area (Å²) >= 11 is 0. The van der Waals surface area contributed by atoms with Crippen molar-refractivity contribution in [1.29, 1.82) is 0 Å². The molecular weight excluding hydrogens is 300 g/mol. The minimum Gasteiger partial charge on any atom is -0.384 e.